The van der Waals surface area contributed by atoms with E-state index in [0.29, 0.717) is 6.16 Å². The second kappa shape index (κ2) is 20.1. The van der Waals surface area contributed by atoms with Crippen LogP contribution >= 0.6 is 8.03 Å². The van der Waals surface area contributed by atoms with Gasteiger partial charge in [-0.1, -0.05) is 110 Å². The molecule has 0 aliphatic rings. The predicted molar refractivity (Wildman–Crippen MR) is 103 cm³/mol. The van der Waals surface area contributed by atoms with Gasteiger partial charge in [-0.25, -0.2) is 0 Å². The first-order chi connectivity index (χ1) is 11.3. The number of rotatable bonds is 19. The van der Waals surface area contributed by atoms with Gasteiger partial charge in [-0.15, -0.1) is 0 Å². The average molecular weight is 346 g/mol. The maximum Gasteiger partial charge on any atom is 0.505 e. The SMILES string of the molecule is CCCCCCCCCCCCCCCCCCCC[P+](=O)O. The molecule has 1 atom stereocenters. The molecule has 0 saturated carbocycles. The van der Waals surface area contributed by atoms with E-state index in [-0.39, 0.29) is 0 Å². The molecule has 1 N–H and O–H groups in total. The zero-order valence-corrected chi connectivity index (χ0v) is 16.6. The zero-order chi connectivity index (χ0) is 17.0. The van der Waals surface area contributed by atoms with Crippen LogP contribution in [0.4, 0.5) is 0 Å². The molecule has 2 nitrogen and oxygen atoms in total. The molecule has 0 spiro atoms. The minimum absolute atomic E-state index is 0.494. The summed E-state index contributed by atoms with van der Waals surface area (Å²) in [5, 5.41) is 0. The van der Waals surface area contributed by atoms with Gasteiger partial charge in [0.25, 0.3) is 0 Å². The first-order valence-electron chi connectivity index (χ1n) is 10.4. The van der Waals surface area contributed by atoms with Crippen molar-refractivity contribution in [1.29, 1.82) is 0 Å². The summed E-state index contributed by atoms with van der Waals surface area (Å²) in [4.78, 5) is 8.70. The van der Waals surface area contributed by atoms with Crippen LogP contribution in [-0.2, 0) is 4.57 Å². The number of unbranched alkanes of at least 4 members (excludes halogenated alkanes) is 17. The van der Waals surface area contributed by atoms with E-state index in [1.165, 1.54) is 103 Å². The highest BCUT2D eigenvalue weighted by Crippen LogP contribution is 2.17. The Morgan fingerprint density at radius 2 is 0.783 bits per heavy atom. The van der Waals surface area contributed by atoms with Gasteiger partial charge in [0.15, 0.2) is 6.16 Å². The van der Waals surface area contributed by atoms with E-state index in [9.17, 15) is 4.57 Å². The lowest BCUT2D eigenvalue weighted by molar-refractivity contribution is 0.497. The van der Waals surface area contributed by atoms with Crippen LogP contribution < -0.4 is 0 Å². The Morgan fingerprint density at radius 3 is 1.04 bits per heavy atom. The average Bonchev–Trinajstić information content (AvgIpc) is 2.53. The zero-order valence-electron chi connectivity index (χ0n) is 15.7. The van der Waals surface area contributed by atoms with Gasteiger partial charge in [-0.2, -0.15) is 4.89 Å². The van der Waals surface area contributed by atoms with Crippen molar-refractivity contribution < 1.29 is 9.46 Å². The third kappa shape index (κ3) is 22.1. The van der Waals surface area contributed by atoms with Crippen LogP contribution in [0.1, 0.15) is 122 Å². The van der Waals surface area contributed by atoms with Gasteiger partial charge >= 0.3 is 8.03 Å². The van der Waals surface area contributed by atoms with E-state index in [4.69, 9.17) is 4.89 Å². The van der Waals surface area contributed by atoms with E-state index in [1.54, 1.807) is 0 Å². The summed E-state index contributed by atoms with van der Waals surface area (Å²) < 4.78 is 10.5. The molecule has 0 fully saturated rings. The first kappa shape index (κ1) is 23.1. The molecule has 0 bridgehead atoms. The van der Waals surface area contributed by atoms with Crippen molar-refractivity contribution in [3.05, 3.63) is 0 Å². The summed E-state index contributed by atoms with van der Waals surface area (Å²) >= 11 is 0. The van der Waals surface area contributed by atoms with Crippen LogP contribution in [-0.4, -0.2) is 11.1 Å². The van der Waals surface area contributed by atoms with Crippen molar-refractivity contribution >= 4 is 8.03 Å². The summed E-state index contributed by atoms with van der Waals surface area (Å²) in [7, 11) is -1.89. The highest BCUT2D eigenvalue weighted by atomic mass is 31.1. The molecule has 0 radical (unpaired) electrons. The van der Waals surface area contributed by atoms with Gasteiger partial charge < -0.3 is 0 Å². The monoisotopic (exact) mass is 345 g/mol. The molecule has 0 aromatic heterocycles. The minimum atomic E-state index is -1.89. The number of hydrogen-bond acceptors (Lipinski definition) is 1. The maximum atomic E-state index is 10.5. The van der Waals surface area contributed by atoms with Crippen molar-refractivity contribution in [2.24, 2.45) is 0 Å². The van der Waals surface area contributed by atoms with E-state index in [1.807, 2.05) is 0 Å². The van der Waals surface area contributed by atoms with Crippen LogP contribution in [0.2, 0.25) is 0 Å². The Bertz CT molecular complexity index is 244. The Balaban J connectivity index is 2.96. The maximum absolute atomic E-state index is 10.5. The Labute approximate surface area is 146 Å². The van der Waals surface area contributed by atoms with Crippen molar-refractivity contribution in [2.75, 3.05) is 6.16 Å². The van der Waals surface area contributed by atoms with E-state index in [0.717, 1.165) is 12.8 Å². The van der Waals surface area contributed by atoms with Crippen LogP contribution in [0.5, 0.6) is 0 Å². The van der Waals surface area contributed by atoms with E-state index < -0.39 is 8.03 Å². The van der Waals surface area contributed by atoms with Crippen LogP contribution in [0.15, 0.2) is 0 Å². The fourth-order valence-electron chi connectivity index (χ4n) is 3.15. The topological polar surface area (TPSA) is 37.3 Å². The molecule has 0 aliphatic carbocycles. The quantitative estimate of drug-likeness (QED) is 0.192. The summed E-state index contributed by atoms with van der Waals surface area (Å²) in [6, 6.07) is 0. The summed E-state index contributed by atoms with van der Waals surface area (Å²) in [6.45, 7) is 2.28. The van der Waals surface area contributed by atoms with Crippen molar-refractivity contribution in [1.82, 2.24) is 0 Å². The van der Waals surface area contributed by atoms with Gasteiger partial charge in [0.2, 0.25) is 0 Å². The normalized spacial score (nSPS) is 11.8. The Kier molecular flexibility index (Phi) is 20.2. The van der Waals surface area contributed by atoms with Crippen LogP contribution in [0.3, 0.4) is 0 Å². The summed E-state index contributed by atoms with van der Waals surface area (Å²) in [6.07, 6.45) is 25.0. The smallest absolute Gasteiger partial charge is 0.161 e. The summed E-state index contributed by atoms with van der Waals surface area (Å²) in [5.74, 6) is 0. The standard InChI is InChI=1S/C20H41O2P/c1-2-3-4-5-6-7-8-9-10-11-12-13-14-15-16-17-18-19-20-23(21)22/h2-20H2,1H3/p+1. The molecule has 23 heavy (non-hydrogen) atoms. The third-order valence-electron chi connectivity index (χ3n) is 4.70. The molecule has 0 rings (SSSR count). The first-order valence-corrected chi connectivity index (χ1v) is 11.8. The Morgan fingerprint density at radius 1 is 0.522 bits per heavy atom. The molecular weight excluding hydrogens is 303 g/mol. The highest BCUT2D eigenvalue weighted by Gasteiger charge is 2.07. The fraction of sp³-hybridized carbons (Fsp3) is 1.00. The van der Waals surface area contributed by atoms with Gasteiger partial charge in [-0.3, -0.25) is 0 Å². The highest BCUT2D eigenvalue weighted by molar-refractivity contribution is 7.37. The second-order valence-corrected chi connectivity index (χ2v) is 8.24. The van der Waals surface area contributed by atoms with Crippen molar-refractivity contribution in [3.63, 3.8) is 0 Å². The summed E-state index contributed by atoms with van der Waals surface area (Å²) in [5.41, 5.74) is 0. The second-order valence-electron chi connectivity index (χ2n) is 7.09. The molecule has 3 heteroatoms. The molecule has 138 valence electrons. The van der Waals surface area contributed by atoms with Crippen molar-refractivity contribution in [3.8, 4) is 0 Å². The largest absolute Gasteiger partial charge is 0.505 e. The minimum Gasteiger partial charge on any atom is -0.161 e. The van der Waals surface area contributed by atoms with Gasteiger partial charge in [-0.05, 0) is 17.4 Å². The lowest BCUT2D eigenvalue weighted by Crippen LogP contribution is -1.84. The third-order valence-corrected chi connectivity index (χ3v) is 5.40. The van der Waals surface area contributed by atoms with Crippen LogP contribution in [0.25, 0.3) is 0 Å². The van der Waals surface area contributed by atoms with Gasteiger partial charge in [0, 0.05) is 0 Å². The fourth-order valence-corrected chi connectivity index (χ4v) is 3.64. The molecule has 0 aromatic rings. The van der Waals surface area contributed by atoms with Gasteiger partial charge in [0.1, 0.15) is 0 Å². The molecule has 1 unspecified atom stereocenters. The molecule has 0 aromatic carbocycles. The molecule has 0 amide bonds. The van der Waals surface area contributed by atoms with E-state index in [2.05, 4.69) is 6.92 Å². The Hall–Kier alpha value is 0.0600. The molecular formula is C20H42O2P+. The van der Waals surface area contributed by atoms with Crippen molar-refractivity contribution in [2.45, 2.75) is 122 Å². The lowest BCUT2D eigenvalue weighted by Gasteiger charge is -2.03. The molecule has 0 saturated heterocycles. The molecule has 0 heterocycles. The molecule has 0 aliphatic heterocycles. The lowest BCUT2D eigenvalue weighted by atomic mass is 10.0. The van der Waals surface area contributed by atoms with E-state index >= 15 is 0 Å². The predicted octanol–water partition coefficient (Wildman–Crippen LogP) is 7.76. The van der Waals surface area contributed by atoms with Crippen LogP contribution in [0, 0.1) is 0 Å². The van der Waals surface area contributed by atoms with Gasteiger partial charge in [0.05, 0.1) is 0 Å². The number of hydrogen-bond donors (Lipinski definition) is 1.